The molecule has 3 heterocycles. The zero-order valence-electron chi connectivity index (χ0n) is 38.5. The van der Waals surface area contributed by atoms with E-state index in [1.165, 1.54) is 96.3 Å². The molecule has 7 nitrogen and oxygen atoms in total. The predicted molar refractivity (Wildman–Crippen MR) is 242 cm³/mol. The minimum Gasteiger partial charge on any atom is -0.455 e. The molecule has 3 aliphatic heterocycles. The number of carbonyl (C=O) groups is 1. The molecule has 8 atom stereocenters. The molecule has 0 radical (unpaired) electrons. The van der Waals surface area contributed by atoms with Crippen molar-refractivity contribution in [2.24, 2.45) is 0 Å². The van der Waals surface area contributed by atoms with Crippen molar-refractivity contribution < 1.29 is 32.3 Å². The van der Waals surface area contributed by atoms with Gasteiger partial charge in [-0.1, -0.05) is 103 Å². The highest BCUT2D eigenvalue weighted by Crippen LogP contribution is 2.37. The largest absolute Gasteiger partial charge is 0.455 e. The highest BCUT2D eigenvalue weighted by atomic mass is 28.4. The fourth-order valence-electron chi connectivity index (χ4n) is 9.00. The molecular formula is C46H90O7Si3. The van der Waals surface area contributed by atoms with Gasteiger partial charge in [0, 0.05) is 11.7 Å². The number of unbranched alkanes of at least 4 members (excludes halogenated alkanes) is 13. The maximum Gasteiger partial charge on any atom is 0.334 e. The van der Waals surface area contributed by atoms with Gasteiger partial charge in [0.15, 0.2) is 25.0 Å². The van der Waals surface area contributed by atoms with Gasteiger partial charge >= 0.3 is 5.97 Å². The average Bonchev–Trinajstić information content (AvgIpc) is 3.85. The summed E-state index contributed by atoms with van der Waals surface area (Å²) in [6.45, 7) is 25.0. The Hall–Kier alpha value is -0.339. The smallest absolute Gasteiger partial charge is 0.334 e. The lowest BCUT2D eigenvalue weighted by atomic mass is 10.00. The number of rotatable bonds is 31. The van der Waals surface area contributed by atoms with Gasteiger partial charge in [-0.3, -0.25) is 0 Å². The SMILES string of the molecule is CCCCCCCC[C@@H](O[Si](C)(C)C)[C@H]1CC[C@H]([C@H]2CC[C@H]([C@@H](CCCCCCCCCCC[C@H](CCC3=C[C@H](C)OC3=O)O[Si](C)(C)C)O[Si](C)(C)C)O2)O1. The van der Waals surface area contributed by atoms with E-state index in [0.717, 1.165) is 63.4 Å². The first-order valence-electron chi connectivity index (χ1n) is 23.7. The Kier molecular flexibility index (Phi) is 22.7. The molecule has 3 rings (SSSR count). The van der Waals surface area contributed by atoms with Crippen LogP contribution >= 0.6 is 0 Å². The molecule has 0 saturated carbocycles. The van der Waals surface area contributed by atoms with Crippen LogP contribution in [0, 0.1) is 0 Å². The van der Waals surface area contributed by atoms with E-state index in [1.807, 2.05) is 13.0 Å². The van der Waals surface area contributed by atoms with Crippen LogP contribution in [0.1, 0.15) is 168 Å². The molecule has 2 saturated heterocycles. The number of hydrogen-bond acceptors (Lipinski definition) is 7. The van der Waals surface area contributed by atoms with Gasteiger partial charge in [0.05, 0.1) is 36.6 Å². The third-order valence-electron chi connectivity index (χ3n) is 11.5. The van der Waals surface area contributed by atoms with Gasteiger partial charge in [0.1, 0.15) is 6.10 Å². The van der Waals surface area contributed by atoms with Crippen LogP contribution < -0.4 is 0 Å². The molecule has 56 heavy (non-hydrogen) atoms. The zero-order chi connectivity index (χ0) is 41.2. The van der Waals surface area contributed by atoms with E-state index in [9.17, 15) is 4.79 Å². The van der Waals surface area contributed by atoms with Crippen molar-refractivity contribution in [2.75, 3.05) is 0 Å². The molecular weight excluding hydrogens is 749 g/mol. The molecule has 0 amide bonds. The van der Waals surface area contributed by atoms with Crippen molar-refractivity contribution >= 4 is 30.9 Å². The topological polar surface area (TPSA) is 72.5 Å². The van der Waals surface area contributed by atoms with Crippen LogP contribution in [0.5, 0.6) is 0 Å². The van der Waals surface area contributed by atoms with E-state index in [0.29, 0.717) is 0 Å². The second-order valence-electron chi connectivity index (χ2n) is 20.6. The molecule has 328 valence electrons. The van der Waals surface area contributed by atoms with Crippen molar-refractivity contribution in [2.45, 2.75) is 276 Å². The summed E-state index contributed by atoms with van der Waals surface area (Å²) in [7, 11) is -4.99. The Morgan fingerprint density at radius 3 is 1.38 bits per heavy atom. The normalized spacial score (nSPS) is 25.1. The van der Waals surface area contributed by atoms with E-state index in [-0.39, 0.29) is 54.8 Å². The van der Waals surface area contributed by atoms with Gasteiger partial charge in [-0.05, 0) is 130 Å². The molecule has 2 fully saturated rings. The van der Waals surface area contributed by atoms with Gasteiger partial charge in [-0.2, -0.15) is 0 Å². The summed E-state index contributed by atoms with van der Waals surface area (Å²) in [5.41, 5.74) is 0.833. The van der Waals surface area contributed by atoms with E-state index < -0.39 is 25.0 Å². The lowest BCUT2D eigenvalue weighted by Gasteiger charge is -2.32. The zero-order valence-corrected chi connectivity index (χ0v) is 41.5. The van der Waals surface area contributed by atoms with Crippen molar-refractivity contribution in [1.29, 1.82) is 0 Å². The van der Waals surface area contributed by atoms with E-state index >= 15 is 0 Å². The third-order valence-corrected chi connectivity index (χ3v) is 14.6. The van der Waals surface area contributed by atoms with E-state index in [4.69, 9.17) is 27.5 Å². The molecule has 10 heteroatoms. The molecule has 0 aliphatic carbocycles. The Labute approximate surface area is 349 Å². The second-order valence-corrected chi connectivity index (χ2v) is 34.0. The minimum atomic E-state index is -1.70. The Balaban J connectivity index is 1.32. The summed E-state index contributed by atoms with van der Waals surface area (Å²) in [5.74, 6) is -0.140. The van der Waals surface area contributed by atoms with Crippen LogP contribution in [0.4, 0.5) is 0 Å². The van der Waals surface area contributed by atoms with Gasteiger partial charge in [-0.15, -0.1) is 0 Å². The van der Waals surface area contributed by atoms with E-state index in [1.54, 1.807) is 0 Å². The number of esters is 1. The molecule has 3 aliphatic rings. The van der Waals surface area contributed by atoms with Crippen LogP contribution in [0.3, 0.4) is 0 Å². The monoisotopic (exact) mass is 839 g/mol. The van der Waals surface area contributed by atoms with Gasteiger partial charge in [0.2, 0.25) is 0 Å². The lowest BCUT2D eigenvalue weighted by Crippen LogP contribution is -2.41. The second kappa shape index (κ2) is 25.4. The van der Waals surface area contributed by atoms with Crippen molar-refractivity contribution in [1.82, 2.24) is 0 Å². The number of cyclic esters (lactones) is 1. The fraction of sp³-hybridized carbons (Fsp3) is 0.935. The van der Waals surface area contributed by atoms with Crippen LogP contribution in [0.25, 0.3) is 0 Å². The van der Waals surface area contributed by atoms with Gasteiger partial charge in [-0.25, -0.2) is 4.79 Å². The van der Waals surface area contributed by atoms with Crippen molar-refractivity contribution in [3.63, 3.8) is 0 Å². The maximum atomic E-state index is 12.1. The number of carbonyl (C=O) groups excluding carboxylic acids is 1. The van der Waals surface area contributed by atoms with Crippen molar-refractivity contribution in [3.05, 3.63) is 11.6 Å². The summed E-state index contributed by atoms with van der Waals surface area (Å²) in [6, 6.07) is 0. The van der Waals surface area contributed by atoms with Gasteiger partial charge in [0.25, 0.3) is 0 Å². The maximum absolute atomic E-state index is 12.1. The Bertz CT molecular complexity index is 1110. The summed E-state index contributed by atoms with van der Waals surface area (Å²) in [4.78, 5) is 12.1. The first kappa shape index (κ1) is 50.0. The molecule has 0 aromatic rings. The van der Waals surface area contributed by atoms with Gasteiger partial charge < -0.3 is 27.5 Å². The quantitative estimate of drug-likeness (QED) is 0.0391. The Morgan fingerprint density at radius 1 is 0.571 bits per heavy atom. The van der Waals surface area contributed by atoms with Crippen LogP contribution in [0.15, 0.2) is 11.6 Å². The molecule has 0 bridgehead atoms. The molecule has 0 unspecified atom stereocenters. The first-order valence-corrected chi connectivity index (χ1v) is 33.9. The highest BCUT2D eigenvalue weighted by molar-refractivity contribution is 6.70. The molecule has 0 spiro atoms. The van der Waals surface area contributed by atoms with Crippen molar-refractivity contribution in [3.8, 4) is 0 Å². The minimum absolute atomic E-state index is 0.0887. The van der Waals surface area contributed by atoms with Crippen LogP contribution in [0.2, 0.25) is 58.9 Å². The van der Waals surface area contributed by atoms with Crippen LogP contribution in [-0.4, -0.2) is 79.8 Å². The number of hydrogen-bond donors (Lipinski definition) is 0. The third kappa shape index (κ3) is 21.3. The average molecular weight is 839 g/mol. The number of ether oxygens (including phenoxy) is 3. The highest BCUT2D eigenvalue weighted by Gasteiger charge is 2.43. The summed E-state index contributed by atoms with van der Waals surface area (Å²) in [5, 5.41) is 0. The molecule has 0 aromatic carbocycles. The standard InChI is InChI=1S/C46H90O7Si3/c1-12-13-14-15-22-25-28-44(52-55(6,7)8)42-34-32-40(49-42)41-33-35-43(50-41)45(53-56(9,10)11)29-26-23-20-18-16-17-19-21-24-27-39(51-54(3,4)5)31-30-38-36-37(2)48-46(38)47/h36-37,39-45H,12-35H2,1-11H3/t37-,39+,40+,41+,42+,43+,44+,45+/m0/s1. The molecule has 0 aromatic heterocycles. The first-order chi connectivity index (χ1) is 26.4. The lowest BCUT2D eigenvalue weighted by molar-refractivity contribution is -0.139. The Morgan fingerprint density at radius 2 is 0.982 bits per heavy atom. The van der Waals surface area contributed by atoms with E-state index in [2.05, 4.69) is 65.8 Å². The van der Waals surface area contributed by atoms with Crippen LogP contribution in [-0.2, 0) is 32.3 Å². The fourth-order valence-corrected chi connectivity index (χ4v) is 12.6. The summed E-state index contributed by atoms with van der Waals surface area (Å²) < 4.78 is 39.1. The predicted octanol–water partition coefficient (Wildman–Crippen LogP) is 13.4. The molecule has 0 N–H and O–H groups in total. The summed E-state index contributed by atoms with van der Waals surface area (Å²) >= 11 is 0. The summed E-state index contributed by atoms with van der Waals surface area (Å²) in [6.07, 6.45) is 32.3.